The monoisotopic (exact) mass is 304 g/mol. The SMILES string of the molecule is CC(C)(C)N([PH2]=S)SN([PH2]=S)C(C)(C)C. The van der Waals surface area contributed by atoms with Gasteiger partial charge < -0.3 is 0 Å². The molecule has 0 bridgehead atoms. The Morgan fingerprint density at radius 3 is 1.20 bits per heavy atom. The summed E-state index contributed by atoms with van der Waals surface area (Å²) in [5, 5.41) is 0. The molecule has 7 heteroatoms. The number of rotatable bonds is 4. The Hall–Kier alpha value is 1.57. The zero-order chi connectivity index (χ0) is 12.3. The first-order chi connectivity index (χ1) is 6.62. The third kappa shape index (κ3) is 6.16. The molecule has 92 valence electrons. The van der Waals surface area contributed by atoms with Crippen molar-refractivity contribution in [1.29, 1.82) is 0 Å². The summed E-state index contributed by atoms with van der Waals surface area (Å²) in [4.78, 5) is 0. The molecule has 0 radical (unpaired) electrons. The third-order valence-corrected chi connectivity index (χ3v) is 8.33. The number of hydrogen-bond donors (Lipinski definition) is 0. The van der Waals surface area contributed by atoms with E-state index in [1.54, 1.807) is 12.1 Å². The van der Waals surface area contributed by atoms with Gasteiger partial charge in [0.05, 0.1) is 0 Å². The Bertz CT molecular complexity index is 211. The van der Waals surface area contributed by atoms with Crippen LogP contribution in [-0.2, 0) is 23.6 Å². The lowest BCUT2D eigenvalue weighted by atomic mass is 10.1. The van der Waals surface area contributed by atoms with E-state index in [4.69, 9.17) is 23.6 Å². The van der Waals surface area contributed by atoms with Crippen LogP contribution >= 0.6 is 27.1 Å². The van der Waals surface area contributed by atoms with Gasteiger partial charge in [-0.15, -0.1) is 0 Å². The molecule has 0 heterocycles. The molecule has 0 aliphatic rings. The fourth-order valence-electron chi connectivity index (χ4n) is 0.694. The molecule has 0 aromatic carbocycles. The lowest BCUT2D eigenvalue weighted by Crippen LogP contribution is -2.36. The van der Waals surface area contributed by atoms with Crippen molar-refractivity contribution in [3.8, 4) is 0 Å². The van der Waals surface area contributed by atoms with Crippen molar-refractivity contribution in [2.75, 3.05) is 0 Å². The highest BCUT2D eigenvalue weighted by Crippen LogP contribution is 2.40. The maximum absolute atomic E-state index is 5.25. The predicted molar refractivity (Wildman–Crippen MR) is 84.9 cm³/mol. The summed E-state index contributed by atoms with van der Waals surface area (Å²) in [5.74, 6) is 0. The minimum absolute atomic E-state index is 0.101. The van der Waals surface area contributed by atoms with Gasteiger partial charge in [-0.1, -0.05) is 23.6 Å². The van der Waals surface area contributed by atoms with Crippen molar-refractivity contribution in [3.63, 3.8) is 0 Å². The van der Waals surface area contributed by atoms with Gasteiger partial charge in [0, 0.05) is 38.2 Å². The van der Waals surface area contributed by atoms with Crippen LogP contribution in [0.5, 0.6) is 0 Å². The van der Waals surface area contributed by atoms with Gasteiger partial charge in [-0.3, -0.25) is 0 Å². The highest BCUT2D eigenvalue weighted by atomic mass is 32.4. The number of hydrogen-bond acceptors (Lipinski definition) is 3. The molecular weight excluding hydrogens is 282 g/mol. The Morgan fingerprint density at radius 1 is 0.800 bits per heavy atom. The molecule has 2 atom stereocenters. The summed E-state index contributed by atoms with van der Waals surface area (Å²) in [6.07, 6.45) is 0. The first kappa shape index (κ1) is 16.6. The molecule has 0 amide bonds. The van der Waals surface area contributed by atoms with Crippen molar-refractivity contribution >= 4 is 50.8 Å². The van der Waals surface area contributed by atoms with E-state index in [0.717, 1.165) is 0 Å². The van der Waals surface area contributed by atoms with Crippen LogP contribution < -0.4 is 0 Å². The van der Waals surface area contributed by atoms with Crippen molar-refractivity contribution in [3.05, 3.63) is 0 Å². The minimum atomic E-state index is -0.101. The van der Waals surface area contributed by atoms with E-state index in [2.05, 4.69) is 49.7 Å². The molecule has 15 heavy (non-hydrogen) atoms. The molecule has 0 N–H and O–H groups in total. The van der Waals surface area contributed by atoms with Crippen molar-refractivity contribution in [2.24, 2.45) is 0 Å². The van der Waals surface area contributed by atoms with E-state index >= 15 is 0 Å². The van der Waals surface area contributed by atoms with Crippen molar-refractivity contribution in [1.82, 2.24) is 8.15 Å². The van der Waals surface area contributed by atoms with Crippen LogP contribution in [-0.4, -0.2) is 19.2 Å². The van der Waals surface area contributed by atoms with Crippen molar-refractivity contribution < 1.29 is 0 Å². The van der Waals surface area contributed by atoms with Crippen LogP contribution in [0.25, 0.3) is 0 Å². The normalized spacial score (nSPS) is 15.5. The van der Waals surface area contributed by atoms with Crippen LogP contribution in [0.4, 0.5) is 0 Å². The fourth-order valence-corrected chi connectivity index (χ4v) is 5.84. The Morgan fingerprint density at radius 2 is 1.07 bits per heavy atom. The maximum Gasteiger partial charge on any atom is 0.0284 e. The maximum atomic E-state index is 5.25. The predicted octanol–water partition coefficient (Wildman–Crippen LogP) is 3.33. The summed E-state index contributed by atoms with van der Waals surface area (Å²) >= 11 is 12.2. The summed E-state index contributed by atoms with van der Waals surface area (Å²) in [5.41, 5.74) is 0.240. The van der Waals surface area contributed by atoms with E-state index in [0.29, 0.717) is 0 Å². The summed E-state index contributed by atoms with van der Waals surface area (Å²) < 4.78 is 4.57. The Balaban J connectivity index is 4.67. The summed E-state index contributed by atoms with van der Waals surface area (Å²) in [7, 11) is -0.201. The third-order valence-electron chi connectivity index (χ3n) is 1.69. The molecule has 0 spiro atoms. The molecule has 0 fully saturated rings. The van der Waals surface area contributed by atoms with Crippen LogP contribution in [0.2, 0.25) is 0 Å². The molecule has 0 aromatic heterocycles. The van der Waals surface area contributed by atoms with Crippen molar-refractivity contribution in [2.45, 2.75) is 52.6 Å². The first-order valence-electron chi connectivity index (χ1n) is 4.80. The molecule has 0 saturated carbocycles. The molecular formula is C8H22N2P2S3. The zero-order valence-corrected chi connectivity index (χ0v) is 15.0. The molecule has 2 unspecified atom stereocenters. The van der Waals surface area contributed by atoms with Gasteiger partial charge in [0.2, 0.25) is 0 Å². The second-order valence-corrected chi connectivity index (χ2v) is 9.70. The van der Waals surface area contributed by atoms with Gasteiger partial charge >= 0.3 is 0 Å². The van der Waals surface area contributed by atoms with E-state index in [1.165, 1.54) is 0 Å². The smallest absolute Gasteiger partial charge is 0.0284 e. The molecule has 0 aromatic rings. The molecule has 0 saturated heterocycles. The first-order valence-corrected chi connectivity index (χ1v) is 10.3. The quantitative estimate of drug-likeness (QED) is 0.579. The molecule has 2 nitrogen and oxygen atoms in total. The zero-order valence-electron chi connectivity index (χ0n) is 10.3. The van der Waals surface area contributed by atoms with Crippen LogP contribution in [0.15, 0.2) is 0 Å². The minimum Gasteiger partial charge on any atom is -0.206 e. The lowest BCUT2D eigenvalue weighted by Gasteiger charge is -2.38. The van der Waals surface area contributed by atoms with Gasteiger partial charge in [-0.2, -0.15) is 0 Å². The van der Waals surface area contributed by atoms with Crippen LogP contribution in [0.3, 0.4) is 0 Å². The van der Waals surface area contributed by atoms with Crippen LogP contribution in [0, 0.1) is 0 Å². The number of nitrogens with zero attached hydrogens (tertiary/aromatic N) is 2. The van der Waals surface area contributed by atoms with Gasteiger partial charge in [-0.05, 0) is 41.5 Å². The van der Waals surface area contributed by atoms with Gasteiger partial charge in [0.25, 0.3) is 0 Å². The Kier molecular flexibility index (Phi) is 7.17. The average molecular weight is 304 g/mol. The topological polar surface area (TPSA) is 6.48 Å². The summed E-state index contributed by atoms with van der Waals surface area (Å²) in [6.45, 7) is 13.2. The van der Waals surface area contributed by atoms with E-state index in [1.807, 2.05) is 0 Å². The Labute approximate surface area is 111 Å². The largest absolute Gasteiger partial charge is 0.206 e. The van der Waals surface area contributed by atoms with E-state index in [9.17, 15) is 0 Å². The van der Waals surface area contributed by atoms with E-state index < -0.39 is 0 Å². The van der Waals surface area contributed by atoms with Gasteiger partial charge in [0.15, 0.2) is 0 Å². The van der Waals surface area contributed by atoms with Gasteiger partial charge in [-0.25, -0.2) is 8.15 Å². The molecule has 0 rings (SSSR count). The molecule has 0 aliphatic carbocycles. The fraction of sp³-hybridized carbons (Fsp3) is 1.00. The van der Waals surface area contributed by atoms with E-state index in [-0.39, 0.29) is 26.1 Å². The standard InChI is InChI=1S/C8H22N2P2S3/c1-7(2,3)9(11-13)15-10(12-14)8(4,5)6/h11-12H2,1-6H3. The van der Waals surface area contributed by atoms with Gasteiger partial charge in [0.1, 0.15) is 0 Å². The second-order valence-electron chi connectivity index (χ2n) is 5.29. The summed E-state index contributed by atoms with van der Waals surface area (Å²) in [6, 6.07) is 0. The highest BCUT2D eigenvalue weighted by molar-refractivity contribution is 8.10. The van der Waals surface area contributed by atoms with Crippen LogP contribution in [0.1, 0.15) is 41.5 Å². The average Bonchev–Trinajstić information content (AvgIpc) is 2.01. The molecule has 0 aliphatic heterocycles. The highest BCUT2D eigenvalue weighted by Gasteiger charge is 2.27. The second kappa shape index (κ2) is 6.49. The lowest BCUT2D eigenvalue weighted by molar-refractivity contribution is 0.369.